The first-order valence-electron chi connectivity index (χ1n) is 7.17. The van der Waals surface area contributed by atoms with E-state index in [1.165, 1.54) is 0 Å². The topological polar surface area (TPSA) is 52.6 Å². The summed E-state index contributed by atoms with van der Waals surface area (Å²) in [5.41, 5.74) is 3.93. The summed E-state index contributed by atoms with van der Waals surface area (Å²) in [4.78, 5) is 12.2. The van der Waals surface area contributed by atoms with Crippen molar-refractivity contribution >= 4 is 17.1 Å². The monoisotopic (exact) mass is 298 g/mol. The predicted octanol–water partition coefficient (Wildman–Crippen LogP) is 4.96. The van der Waals surface area contributed by atoms with Gasteiger partial charge in [-0.05, 0) is 45.4 Å². The Kier molecular flexibility index (Phi) is 3.32. The van der Waals surface area contributed by atoms with E-state index >= 15 is 0 Å². The maximum atomic E-state index is 12.2. The highest BCUT2D eigenvalue weighted by molar-refractivity contribution is 6.05. The fourth-order valence-electron chi connectivity index (χ4n) is 2.31. The normalized spacial score (nSPS) is 11.8. The van der Waals surface area contributed by atoms with Crippen molar-refractivity contribution < 1.29 is 18.7 Å². The SMILES string of the molecule is Cc1cccc(-c2ccc(C(=O)OC(C)(C)C)c3ooc23)c1. The van der Waals surface area contributed by atoms with Gasteiger partial charge in [-0.15, -0.1) is 0 Å². The number of esters is 1. The number of benzene rings is 2. The molecule has 1 heterocycles. The van der Waals surface area contributed by atoms with Crippen molar-refractivity contribution in [2.45, 2.75) is 33.3 Å². The first-order valence-corrected chi connectivity index (χ1v) is 7.17. The molecule has 114 valence electrons. The summed E-state index contributed by atoms with van der Waals surface area (Å²) >= 11 is 0. The molecule has 0 spiro atoms. The molecule has 3 rings (SSSR count). The van der Waals surface area contributed by atoms with E-state index in [4.69, 9.17) is 13.9 Å². The Morgan fingerprint density at radius 3 is 2.36 bits per heavy atom. The maximum Gasteiger partial charge on any atom is 0.342 e. The van der Waals surface area contributed by atoms with Gasteiger partial charge in [-0.1, -0.05) is 29.8 Å². The lowest BCUT2D eigenvalue weighted by atomic mass is 10.0. The summed E-state index contributed by atoms with van der Waals surface area (Å²) in [6.45, 7) is 7.52. The number of rotatable bonds is 2. The number of aryl methyl sites for hydroxylation is 1. The van der Waals surface area contributed by atoms with Crippen molar-refractivity contribution in [3.63, 3.8) is 0 Å². The van der Waals surface area contributed by atoms with Crippen LogP contribution in [0.15, 0.2) is 45.6 Å². The molecule has 3 aromatic rings. The van der Waals surface area contributed by atoms with Crippen LogP contribution in [0.25, 0.3) is 22.3 Å². The lowest BCUT2D eigenvalue weighted by Gasteiger charge is -2.20. The summed E-state index contributed by atoms with van der Waals surface area (Å²) in [6.07, 6.45) is 0. The van der Waals surface area contributed by atoms with E-state index in [1.807, 2.05) is 52.0 Å². The Balaban J connectivity index is 2.02. The zero-order valence-electron chi connectivity index (χ0n) is 13.1. The highest BCUT2D eigenvalue weighted by Crippen LogP contribution is 2.34. The van der Waals surface area contributed by atoms with Gasteiger partial charge in [-0.2, -0.15) is 0 Å². The zero-order chi connectivity index (χ0) is 15.9. The molecule has 0 radical (unpaired) electrons. The third-order valence-electron chi connectivity index (χ3n) is 3.27. The van der Waals surface area contributed by atoms with E-state index in [0.29, 0.717) is 16.7 Å². The molecule has 4 nitrogen and oxygen atoms in total. The molecule has 0 N–H and O–H groups in total. The van der Waals surface area contributed by atoms with Crippen molar-refractivity contribution in [2.75, 3.05) is 0 Å². The van der Waals surface area contributed by atoms with Gasteiger partial charge in [0.05, 0.1) is 0 Å². The van der Waals surface area contributed by atoms with Crippen molar-refractivity contribution in [3.05, 3.63) is 47.5 Å². The molecule has 22 heavy (non-hydrogen) atoms. The van der Waals surface area contributed by atoms with Crippen LogP contribution in [-0.4, -0.2) is 11.6 Å². The summed E-state index contributed by atoms with van der Waals surface area (Å²) in [5.74, 6) is -0.414. The second kappa shape index (κ2) is 5.05. The Hall–Kier alpha value is -2.49. The minimum Gasteiger partial charge on any atom is -0.456 e. The van der Waals surface area contributed by atoms with Crippen molar-refractivity contribution in [1.82, 2.24) is 0 Å². The van der Waals surface area contributed by atoms with Gasteiger partial charge in [0.1, 0.15) is 11.2 Å². The van der Waals surface area contributed by atoms with Crippen LogP contribution in [0.5, 0.6) is 0 Å². The number of carbonyl (C=O) groups excluding carboxylic acids is 1. The molecular weight excluding hydrogens is 280 g/mol. The third-order valence-corrected chi connectivity index (χ3v) is 3.27. The van der Waals surface area contributed by atoms with E-state index < -0.39 is 11.6 Å². The fraction of sp³-hybridized carbons (Fsp3) is 0.278. The number of ether oxygens (including phenoxy) is 1. The molecule has 0 aliphatic carbocycles. The van der Waals surface area contributed by atoms with E-state index in [1.54, 1.807) is 6.07 Å². The molecule has 0 saturated heterocycles. The molecule has 1 aromatic heterocycles. The molecular formula is C18H18O4. The standard InChI is InChI=1S/C18H18O4/c1-11-6-5-7-12(10-11)13-8-9-14(16-15(13)21-22-16)17(19)20-18(2,3)4/h5-10H,1-4H3. The minimum absolute atomic E-state index is 0.382. The highest BCUT2D eigenvalue weighted by Gasteiger charge is 2.25. The lowest BCUT2D eigenvalue weighted by Crippen LogP contribution is -2.24. The van der Waals surface area contributed by atoms with E-state index in [-0.39, 0.29) is 0 Å². The Morgan fingerprint density at radius 2 is 1.77 bits per heavy atom. The molecule has 0 fully saturated rings. The second-order valence-corrected chi connectivity index (χ2v) is 6.36. The van der Waals surface area contributed by atoms with Gasteiger partial charge in [0.15, 0.2) is 0 Å². The number of fused-ring (bicyclic) bond motifs is 1. The average molecular weight is 298 g/mol. The molecule has 0 atom stereocenters. The predicted molar refractivity (Wildman–Crippen MR) is 83.8 cm³/mol. The molecule has 0 bridgehead atoms. The molecule has 4 heteroatoms. The van der Waals surface area contributed by atoms with Crippen molar-refractivity contribution in [3.8, 4) is 11.1 Å². The largest absolute Gasteiger partial charge is 0.456 e. The first kappa shape index (κ1) is 14.4. The van der Waals surface area contributed by atoms with Crippen molar-refractivity contribution in [2.24, 2.45) is 0 Å². The summed E-state index contributed by atoms with van der Waals surface area (Å²) in [6, 6.07) is 11.6. The second-order valence-electron chi connectivity index (χ2n) is 6.36. The Labute approximate surface area is 128 Å². The Morgan fingerprint density at radius 1 is 1.05 bits per heavy atom. The quantitative estimate of drug-likeness (QED) is 0.496. The molecule has 0 amide bonds. The lowest BCUT2D eigenvalue weighted by molar-refractivity contribution is 0.00563. The van der Waals surface area contributed by atoms with Gasteiger partial charge in [0.25, 0.3) is 0 Å². The summed E-state index contributed by atoms with van der Waals surface area (Å²) < 4.78 is 15.5. The van der Waals surface area contributed by atoms with E-state index in [0.717, 1.165) is 16.7 Å². The van der Waals surface area contributed by atoms with Gasteiger partial charge >= 0.3 is 5.97 Å². The van der Waals surface area contributed by atoms with Gasteiger partial charge in [0.2, 0.25) is 11.2 Å². The van der Waals surface area contributed by atoms with Crippen LogP contribution >= 0.6 is 0 Å². The van der Waals surface area contributed by atoms with Crippen LogP contribution < -0.4 is 0 Å². The fourth-order valence-corrected chi connectivity index (χ4v) is 2.31. The van der Waals surface area contributed by atoms with Gasteiger partial charge in [0, 0.05) is 5.56 Å². The number of hydrogen-bond acceptors (Lipinski definition) is 4. The average Bonchev–Trinajstić information content (AvgIpc) is 2.37. The molecule has 2 aromatic carbocycles. The van der Waals surface area contributed by atoms with Gasteiger partial charge < -0.3 is 4.74 Å². The molecule has 0 unspecified atom stereocenters. The van der Waals surface area contributed by atoms with Crippen LogP contribution in [0.3, 0.4) is 0 Å². The maximum absolute atomic E-state index is 12.2. The van der Waals surface area contributed by atoms with E-state index in [9.17, 15) is 4.79 Å². The minimum atomic E-state index is -0.552. The van der Waals surface area contributed by atoms with Gasteiger partial charge in [-0.3, -0.25) is 9.15 Å². The smallest absolute Gasteiger partial charge is 0.342 e. The Bertz CT molecular complexity index is 830. The zero-order valence-corrected chi connectivity index (χ0v) is 13.1. The van der Waals surface area contributed by atoms with Crippen LogP contribution in [-0.2, 0) is 4.74 Å². The van der Waals surface area contributed by atoms with Crippen LogP contribution in [0.4, 0.5) is 0 Å². The van der Waals surface area contributed by atoms with Crippen LogP contribution in [0.1, 0.15) is 36.7 Å². The van der Waals surface area contributed by atoms with Crippen LogP contribution in [0, 0.1) is 6.92 Å². The van der Waals surface area contributed by atoms with E-state index in [2.05, 4.69) is 6.07 Å². The number of hydrogen-bond donors (Lipinski definition) is 0. The summed E-state index contributed by atoms with van der Waals surface area (Å²) in [7, 11) is 0. The summed E-state index contributed by atoms with van der Waals surface area (Å²) in [5, 5.41) is 0. The highest BCUT2D eigenvalue weighted by atomic mass is 17.0. The third kappa shape index (κ3) is 2.64. The molecule has 0 saturated carbocycles. The van der Waals surface area contributed by atoms with Crippen molar-refractivity contribution in [1.29, 1.82) is 0 Å². The van der Waals surface area contributed by atoms with Crippen LogP contribution in [0.2, 0.25) is 0 Å². The molecule has 0 aliphatic heterocycles. The van der Waals surface area contributed by atoms with Gasteiger partial charge in [-0.25, -0.2) is 4.79 Å². The first-order chi connectivity index (χ1) is 10.3. The number of carbonyl (C=O) groups is 1. The molecule has 0 aliphatic rings.